The molecule has 0 bridgehead atoms. The van der Waals surface area contributed by atoms with Crippen LogP contribution in [0.1, 0.15) is 10.6 Å². The number of rotatable bonds is 4. The third-order valence-electron chi connectivity index (χ3n) is 5.53. The molecule has 5 aromatic rings. The minimum absolute atomic E-state index is 0.145. The van der Waals surface area contributed by atoms with Crippen LogP contribution in [-0.2, 0) is 0 Å². The van der Waals surface area contributed by atoms with E-state index in [-0.39, 0.29) is 11.7 Å². The Balaban J connectivity index is 1.23. The molecular formula is C23H19N7OS2. The number of pyridine rings is 1. The molecule has 1 aliphatic rings. The highest BCUT2D eigenvalue weighted by atomic mass is 32.1. The first-order valence-electron chi connectivity index (χ1n) is 10.6. The van der Waals surface area contributed by atoms with Crippen molar-refractivity contribution >= 4 is 44.1 Å². The Morgan fingerprint density at radius 1 is 0.909 bits per heavy atom. The lowest BCUT2D eigenvalue weighted by Crippen LogP contribution is -2.49. The van der Waals surface area contributed by atoms with Crippen LogP contribution >= 0.6 is 22.7 Å². The summed E-state index contributed by atoms with van der Waals surface area (Å²) >= 11 is 3.16. The molecular weight excluding hydrogens is 454 g/mol. The zero-order valence-corrected chi connectivity index (χ0v) is 19.2. The molecule has 1 amide bonds. The van der Waals surface area contributed by atoms with Crippen molar-refractivity contribution in [2.75, 3.05) is 31.1 Å². The van der Waals surface area contributed by atoms with Crippen LogP contribution in [0.5, 0.6) is 0 Å². The van der Waals surface area contributed by atoms with Gasteiger partial charge in [0, 0.05) is 32.4 Å². The summed E-state index contributed by atoms with van der Waals surface area (Å²) in [5.41, 5.74) is 1.79. The van der Waals surface area contributed by atoms with Crippen LogP contribution in [0.25, 0.3) is 26.7 Å². The Labute approximate surface area is 197 Å². The van der Waals surface area contributed by atoms with Gasteiger partial charge in [-0.1, -0.05) is 35.6 Å². The molecule has 0 aliphatic carbocycles. The lowest BCUT2D eigenvalue weighted by Gasteiger charge is -2.33. The molecule has 0 atom stereocenters. The number of anilines is 1. The Morgan fingerprint density at radius 2 is 1.76 bits per heavy atom. The number of nitrogens with zero attached hydrogens (tertiary/aromatic N) is 7. The van der Waals surface area contributed by atoms with Gasteiger partial charge in [-0.25, -0.2) is 19.6 Å². The molecule has 10 heteroatoms. The number of hydrogen-bond acceptors (Lipinski definition) is 8. The van der Waals surface area contributed by atoms with E-state index >= 15 is 0 Å². The van der Waals surface area contributed by atoms with E-state index in [4.69, 9.17) is 4.98 Å². The summed E-state index contributed by atoms with van der Waals surface area (Å²) in [6, 6.07) is 17.6. The molecule has 1 aromatic carbocycles. The van der Waals surface area contributed by atoms with Crippen LogP contribution in [-0.4, -0.2) is 61.7 Å². The van der Waals surface area contributed by atoms with Gasteiger partial charge in [-0.3, -0.25) is 4.79 Å². The van der Waals surface area contributed by atoms with Crippen molar-refractivity contribution in [3.8, 4) is 16.4 Å². The first-order chi connectivity index (χ1) is 16.3. The van der Waals surface area contributed by atoms with E-state index in [1.54, 1.807) is 33.6 Å². The van der Waals surface area contributed by atoms with Crippen molar-refractivity contribution in [3.05, 3.63) is 72.0 Å². The molecule has 4 aromatic heterocycles. The highest BCUT2D eigenvalue weighted by molar-refractivity contribution is 7.21. The third-order valence-corrected chi connectivity index (χ3v) is 7.44. The molecule has 33 heavy (non-hydrogen) atoms. The van der Waals surface area contributed by atoms with Crippen molar-refractivity contribution in [2.24, 2.45) is 0 Å². The number of amides is 1. The number of para-hydroxylation sites is 1. The van der Waals surface area contributed by atoms with Crippen LogP contribution < -0.4 is 4.90 Å². The molecule has 0 unspecified atom stereocenters. The predicted molar refractivity (Wildman–Crippen MR) is 130 cm³/mol. The molecule has 1 saturated heterocycles. The van der Waals surface area contributed by atoms with E-state index < -0.39 is 0 Å². The highest BCUT2D eigenvalue weighted by Gasteiger charge is 2.28. The maximum atomic E-state index is 13.3. The fourth-order valence-corrected chi connectivity index (χ4v) is 5.51. The summed E-state index contributed by atoms with van der Waals surface area (Å²) in [5, 5.41) is 7.55. The van der Waals surface area contributed by atoms with Gasteiger partial charge < -0.3 is 9.80 Å². The van der Waals surface area contributed by atoms with E-state index in [1.807, 2.05) is 64.9 Å². The Bertz CT molecular complexity index is 1370. The largest absolute Gasteiger partial charge is 0.344 e. The van der Waals surface area contributed by atoms with E-state index in [9.17, 15) is 4.79 Å². The minimum Gasteiger partial charge on any atom is -0.344 e. The average molecular weight is 474 g/mol. The Kier molecular flexibility index (Phi) is 5.08. The van der Waals surface area contributed by atoms with Gasteiger partial charge in [-0.05, 0) is 35.7 Å². The molecule has 164 valence electrons. The number of thiazole rings is 1. The quantitative estimate of drug-likeness (QED) is 0.393. The predicted octanol–water partition coefficient (Wildman–Crippen LogP) is 3.96. The average Bonchev–Trinajstić information content (AvgIpc) is 3.63. The summed E-state index contributed by atoms with van der Waals surface area (Å²) in [4.78, 5) is 33.0. The van der Waals surface area contributed by atoms with Gasteiger partial charge in [0.2, 0.25) is 5.82 Å². The van der Waals surface area contributed by atoms with Crippen molar-refractivity contribution in [1.29, 1.82) is 0 Å². The second kappa shape index (κ2) is 8.38. The summed E-state index contributed by atoms with van der Waals surface area (Å²) in [7, 11) is 0. The molecule has 6 rings (SSSR count). The van der Waals surface area contributed by atoms with Crippen molar-refractivity contribution in [3.63, 3.8) is 0 Å². The van der Waals surface area contributed by atoms with Crippen LogP contribution in [0.4, 0.5) is 5.13 Å². The molecule has 8 nitrogen and oxygen atoms in total. The van der Waals surface area contributed by atoms with Gasteiger partial charge in [0.15, 0.2) is 11.0 Å². The van der Waals surface area contributed by atoms with Crippen LogP contribution in [0.3, 0.4) is 0 Å². The van der Waals surface area contributed by atoms with Gasteiger partial charge in [0.05, 0.1) is 10.6 Å². The van der Waals surface area contributed by atoms with E-state index in [2.05, 4.69) is 20.0 Å². The fourth-order valence-electron chi connectivity index (χ4n) is 3.85. The Hall–Kier alpha value is -3.63. The minimum atomic E-state index is -0.145. The first-order valence-corrected chi connectivity index (χ1v) is 12.3. The standard InChI is InChI=1S/C23H19N7OS2/c31-22(28-11-13-29(14-12-28)23-25-17-8-4-10-24-21(17)33-23)19-26-20(18-9-5-15-32-18)30(27-19)16-6-2-1-3-7-16/h1-10,15H,11-14H2. The number of carbonyl (C=O) groups is 1. The summed E-state index contributed by atoms with van der Waals surface area (Å²) < 4.78 is 1.75. The van der Waals surface area contributed by atoms with E-state index in [1.165, 1.54) is 0 Å². The molecule has 0 N–H and O–H groups in total. The summed E-state index contributed by atoms with van der Waals surface area (Å²) in [5.74, 6) is 0.758. The fraction of sp³-hybridized carbons (Fsp3) is 0.174. The molecule has 1 fully saturated rings. The number of hydrogen-bond donors (Lipinski definition) is 0. The first kappa shape index (κ1) is 20.0. The van der Waals surface area contributed by atoms with Crippen LogP contribution in [0.2, 0.25) is 0 Å². The summed E-state index contributed by atoms with van der Waals surface area (Å²) in [6.45, 7) is 2.61. The van der Waals surface area contributed by atoms with Gasteiger partial charge >= 0.3 is 0 Å². The normalized spacial score (nSPS) is 14.2. The van der Waals surface area contributed by atoms with Crippen molar-refractivity contribution in [1.82, 2.24) is 29.6 Å². The number of piperazine rings is 1. The molecule has 0 radical (unpaired) electrons. The zero-order chi connectivity index (χ0) is 22.2. The van der Waals surface area contributed by atoms with Crippen LogP contribution in [0, 0.1) is 0 Å². The van der Waals surface area contributed by atoms with E-state index in [0.717, 1.165) is 26.0 Å². The molecule has 0 spiro atoms. The number of benzene rings is 1. The molecule has 1 aliphatic heterocycles. The maximum absolute atomic E-state index is 13.3. The number of aromatic nitrogens is 5. The maximum Gasteiger partial charge on any atom is 0.293 e. The lowest BCUT2D eigenvalue weighted by molar-refractivity contribution is 0.0734. The number of carbonyl (C=O) groups excluding carboxylic acids is 1. The number of fused-ring (bicyclic) bond motifs is 1. The van der Waals surface area contributed by atoms with Crippen molar-refractivity contribution < 1.29 is 4.79 Å². The number of thiophene rings is 1. The molecule has 5 heterocycles. The smallest absolute Gasteiger partial charge is 0.293 e. The highest BCUT2D eigenvalue weighted by Crippen LogP contribution is 2.28. The Morgan fingerprint density at radius 3 is 2.52 bits per heavy atom. The molecule has 0 saturated carbocycles. The van der Waals surface area contributed by atoms with Gasteiger partial charge in [-0.15, -0.1) is 16.4 Å². The van der Waals surface area contributed by atoms with E-state index in [0.29, 0.717) is 32.0 Å². The third kappa shape index (κ3) is 3.77. The van der Waals surface area contributed by atoms with Crippen LogP contribution in [0.15, 0.2) is 66.2 Å². The second-order valence-corrected chi connectivity index (χ2v) is 9.49. The monoisotopic (exact) mass is 473 g/mol. The lowest BCUT2D eigenvalue weighted by atomic mass is 10.3. The second-order valence-electron chi connectivity index (χ2n) is 7.59. The summed E-state index contributed by atoms with van der Waals surface area (Å²) in [6.07, 6.45) is 1.78. The van der Waals surface area contributed by atoms with Gasteiger partial charge in [-0.2, -0.15) is 0 Å². The zero-order valence-electron chi connectivity index (χ0n) is 17.5. The van der Waals surface area contributed by atoms with Gasteiger partial charge in [0.1, 0.15) is 10.3 Å². The van der Waals surface area contributed by atoms with Crippen molar-refractivity contribution in [2.45, 2.75) is 0 Å². The SMILES string of the molecule is O=C(c1nc(-c2cccs2)n(-c2ccccc2)n1)N1CCN(c2nc3cccnc3s2)CC1. The topological polar surface area (TPSA) is 80.0 Å². The van der Waals surface area contributed by atoms with Gasteiger partial charge in [0.25, 0.3) is 5.91 Å².